The number of hydrogen-bond donors (Lipinski definition) is 1. The number of hydrogen-bond acceptors (Lipinski definition) is 3. The molecule has 1 heterocycles. The summed E-state index contributed by atoms with van der Waals surface area (Å²) >= 11 is 0. The Morgan fingerprint density at radius 1 is 1.56 bits per heavy atom. The zero-order chi connectivity index (χ0) is 11.6. The van der Waals surface area contributed by atoms with Gasteiger partial charge in [0.1, 0.15) is 6.29 Å². The van der Waals surface area contributed by atoms with E-state index in [0.29, 0.717) is 25.0 Å². The molecule has 3 heteroatoms. The zero-order valence-electron chi connectivity index (χ0n) is 9.35. The molecule has 0 aliphatic carbocycles. The van der Waals surface area contributed by atoms with Crippen molar-refractivity contribution in [1.82, 2.24) is 0 Å². The molecule has 1 aliphatic heterocycles. The molecular formula is C13H16O3. The first-order chi connectivity index (χ1) is 7.61. The number of aliphatic hydroxyl groups is 1. The van der Waals surface area contributed by atoms with Gasteiger partial charge in [0.05, 0.1) is 18.3 Å². The molecule has 0 radical (unpaired) electrons. The van der Waals surface area contributed by atoms with Crippen LogP contribution >= 0.6 is 0 Å². The lowest BCUT2D eigenvalue weighted by molar-refractivity contribution is -0.0952. The van der Waals surface area contributed by atoms with Gasteiger partial charge in [0.2, 0.25) is 0 Å². The van der Waals surface area contributed by atoms with Gasteiger partial charge in [0, 0.05) is 12.0 Å². The maximum absolute atomic E-state index is 10.7. The number of carbonyl (C=O) groups excluding carboxylic acids is 1. The first-order valence-corrected chi connectivity index (χ1v) is 5.50. The van der Waals surface area contributed by atoms with E-state index in [2.05, 4.69) is 0 Å². The summed E-state index contributed by atoms with van der Waals surface area (Å²) in [5.41, 5.74) is 0.941. The second-order valence-corrected chi connectivity index (χ2v) is 4.60. The van der Waals surface area contributed by atoms with Crippen molar-refractivity contribution >= 4 is 6.29 Å². The summed E-state index contributed by atoms with van der Waals surface area (Å²) < 4.78 is 5.62. The fourth-order valence-electron chi connectivity index (χ4n) is 2.03. The van der Waals surface area contributed by atoms with Crippen LogP contribution in [0.4, 0.5) is 0 Å². The minimum absolute atomic E-state index is 0.108. The maximum Gasteiger partial charge on any atom is 0.150 e. The van der Waals surface area contributed by atoms with E-state index in [1.54, 1.807) is 6.07 Å². The van der Waals surface area contributed by atoms with Crippen LogP contribution in [0.15, 0.2) is 24.3 Å². The number of ether oxygens (including phenoxy) is 1. The average Bonchev–Trinajstić information content (AvgIpc) is 2.28. The molecule has 0 aromatic heterocycles. The second kappa shape index (κ2) is 4.36. The van der Waals surface area contributed by atoms with E-state index in [0.717, 1.165) is 11.8 Å². The summed E-state index contributed by atoms with van der Waals surface area (Å²) in [6.07, 6.45) is 1.96. The second-order valence-electron chi connectivity index (χ2n) is 4.60. The number of aldehydes is 1. The first-order valence-electron chi connectivity index (χ1n) is 5.50. The van der Waals surface area contributed by atoms with Crippen molar-refractivity contribution in [2.45, 2.75) is 31.5 Å². The van der Waals surface area contributed by atoms with Gasteiger partial charge >= 0.3 is 0 Å². The van der Waals surface area contributed by atoms with Crippen molar-refractivity contribution in [3.63, 3.8) is 0 Å². The Hall–Kier alpha value is -1.19. The molecule has 2 atom stereocenters. The number of benzene rings is 1. The van der Waals surface area contributed by atoms with Gasteiger partial charge in [0.25, 0.3) is 0 Å². The van der Waals surface area contributed by atoms with Gasteiger partial charge in [-0.25, -0.2) is 0 Å². The first kappa shape index (κ1) is 11.3. The van der Waals surface area contributed by atoms with Crippen molar-refractivity contribution in [2.75, 3.05) is 6.61 Å². The van der Waals surface area contributed by atoms with Crippen LogP contribution in [-0.4, -0.2) is 23.6 Å². The fraction of sp³-hybridized carbons (Fsp3) is 0.462. The molecule has 1 aromatic carbocycles. The molecule has 1 N–H and O–H groups in total. The van der Waals surface area contributed by atoms with Crippen molar-refractivity contribution in [3.05, 3.63) is 35.4 Å². The molecule has 1 aliphatic rings. The summed E-state index contributed by atoms with van der Waals surface area (Å²) in [6.45, 7) is 2.38. The summed E-state index contributed by atoms with van der Waals surface area (Å²) in [5.74, 6) is 0. The van der Waals surface area contributed by atoms with Crippen LogP contribution in [0.5, 0.6) is 0 Å². The van der Waals surface area contributed by atoms with Gasteiger partial charge in [-0.3, -0.25) is 4.79 Å². The predicted octanol–water partition coefficient (Wildman–Crippen LogP) is 2.10. The molecule has 0 saturated carbocycles. The Morgan fingerprint density at radius 2 is 2.38 bits per heavy atom. The van der Waals surface area contributed by atoms with Gasteiger partial charge in [0.15, 0.2) is 0 Å². The van der Waals surface area contributed by atoms with Gasteiger partial charge in [-0.2, -0.15) is 0 Å². The largest absolute Gasteiger partial charge is 0.390 e. The van der Waals surface area contributed by atoms with E-state index in [-0.39, 0.29) is 6.10 Å². The Kier molecular flexibility index (Phi) is 3.08. The number of carbonyl (C=O) groups is 1. The third kappa shape index (κ3) is 2.49. The quantitative estimate of drug-likeness (QED) is 0.776. The van der Waals surface area contributed by atoms with E-state index < -0.39 is 5.60 Å². The van der Waals surface area contributed by atoms with Crippen LogP contribution in [0.25, 0.3) is 0 Å². The summed E-state index contributed by atoms with van der Waals surface area (Å²) in [4.78, 5) is 10.7. The summed E-state index contributed by atoms with van der Waals surface area (Å²) in [7, 11) is 0. The normalized spacial score (nSPS) is 30.0. The Bertz CT molecular complexity index is 385. The summed E-state index contributed by atoms with van der Waals surface area (Å²) in [6, 6.07) is 7.35. The molecule has 0 amide bonds. The standard InChI is InChI=1S/C13H16O3/c1-13(15)5-6-16-12(8-13)11-4-2-3-10(7-11)9-14/h2-4,7,9,12,15H,5-6,8H2,1H3. The zero-order valence-corrected chi connectivity index (χ0v) is 9.35. The third-order valence-electron chi connectivity index (χ3n) is 3.00. The van der Waals surface area contributed by atoms with Crippen LogP contribution < -0.4 is 0 Å². The molecule has 2 rings (SSSR count). The Morgan fingerprint density at radius 3 is 3.06 bits per heavy atom. The summed E-state index contributed by atoms with van der Waals surface area (Å²) in [5, 5.41) is 9.98. The lowest BCUT2D eigenvalue weighted by Crippen LogP contribution is -2.34. The van der Waals surface area contributed by atoms with Gasteiger partial charge in [-0.15, -0.1) is 0 Å². The van der Waals surface area contributed by atoms with E-state index in [1.807, 2.05) is 25.1 Å². The maximum atomic E-state index is 10.7. The smallest absolute Gasteiger partial charge is 0.150 e. The van der Waals surface area contributed by atoms with Crippen molar-refractivity contribution < 1.29 is 14.6 Å². The highest BCUT2D eigenvalue weighted by molar-refractivity contribution is 5.74. The van der Waals surface area contributed by atoms with E-state index >= 15 is 0 Å². The molecule has 0 bridgehead atoms. The van der Waals surface area contributed by atoms with Gasteiger partial charge in [-0.05, 0) is 25.0 Å². The third-order valence-corrected chi connectivity index (χ3v) is 3.00. The molecular weight excluding hydrogens is 204 g/mol. The van der Waals surface area contributed by atoms with E-state index in [1.165, 1.54) is 0 Å². The van der Waals surface area contributed by atoms with Gasteiger partial charge < -0.3 is 9.84 Å². The van der Waals surface area contributed by atoms with E-state index in [4.69, 9.17) is 4.74 Å². The lowest BCUT2D eigenvalue weighted by atomic mass is 9.89. The topological polar surface area (TPSA) is 46.5 Å². The van der Waals surface area contributed by atoms with Crippen LogP contribution in [0.2, 0.25) is 0 Å². The monoisotopic (exact) mass is 220 g/mol. The van der Waals surface area contributed by atoms with Crippen molar-refractivity contribution in [3.8, 4) is 0 Å². The van der Waals surface area contributed by atoms with Crippen LogP contribution in [0.3, 0.4) is 0 Å². The molecule has 1 aromatic rings. The minimum Gasteiger partial charge on any atom is -0.390 e. The molecule has 1 saturated heterocycles. The Labute approximate surface area is 95.0 Å². The van der Waals surface area contributed by atoms with Crippen LogP contribution in [-0.2, 0) is 4.74 Å². The van der Waals surface area contributed by atoms with Crippen molar-refractivity contribution in [2.24, 2.45) is 0 Å². The molecule has 86 valence electrons. The Balaban J connectivity index is 2.20. The predicted molar refractivity (Wildman–Crippen MR) is 60.4 cm³/mol. The molecule has 1 fully saturated rings. The highest BCUT2D eigenvalue weighted by atomic mass is 16.5. The highest BCUT2D eigenvalue weighted by Crippen LogP contribution is 2.34. The van der Waals surface area contributed by atoms with Gasteiger partial charge in [-0.1, -0.05) is 18.2 Å². The highest BCUT2D eigenvalue weighted by Gasteiger charge is 2.31. The number of rotatable bonds is 2. The van der Waals surface area contributed by atoms with E-state index in [9.17, 15) is 9.90 Å². The fourth-order valence-corrected chi connectivity index (χ4v) is 2.03. The SMILES string of the molecule is CC1(O)CCOC(c2cccc(C=O)c2)C1. The molecule has 3 nitrogen and oxygen atoms in total. The molecule has 2 unspecified atom stereocenters. The average molecular weight is 220 g/mol. The van der Waals surface area contributed by atoms with Crippen molar-refractivity contribution in [1.29, 1.82) is 0 Å². The van der Waals surface area contributed by atoms with Crippen LogP contribution in [0, 0.1) is 0 Å². The van der Waals surface area contributed by atoms with Crippen LogP contribution in [0.1, 0.15) is 41.8 Å². The lowest BCUT2D eigenvalue weighted by Gasteiger charge is -2.34. The minimum atomic E-state index is -0.667. The molecule has 0 spiro atoms. The molecule has 16 heavy (non-hydrogen) atoms.